The number of aromatic nitrogens is 2. The van der Waals surface area contributed by atoms with Crippen molar-refractivity contribution in [1.29, 1.82) is 0 Å². The Morgan fingerprint density at radius 3 is 3.00 bits per heavy atom. The van der Waals surface area contributed by atoms with Gasteiger partial charge >= 0.3 is 0 Å². The van der Waals surface area contributed by atoms with Crippen LogP contribution < -0.4 is 0 Å². The Morgan fingerprint density at radius 2 is 2.55 bits per heavy atom. The molecule has 0 amide bonds. The molecule has 0 aliphatic carbocycles. The third kappa shape index (κ3) is 2.22. The number of rotatable bonds is 3. The average Bonchev–Trinajstić information content (AvgIpc) is 2.39. The molecule has 1 heterocycles. The lowest BCUT2D eigenvalue weighted by Gasteiger charge is -2.07. The van der Waals surface area contributed by atoms with Gasteiger partial charge < -0.3 is 4.98 Å². The maximum Gasteiger partial charge on any atom is 0.0923 e. The van der Waals surface area contributed by atoms with E-state index in [4.69, 9.17) is 0 Å². The van der Waals surface area contributed by atoms with Gasteiger partial charge in [-0.25, -0.2) is 4.98 Å². The minimum Gasteiger partial charge on any atom is -0.351 e. The van der Waals surface area contributed by atoms with Crippen molar-refractivity contribution < 1.29 is 0 Å². The van der Waals surface area contributed by atoms with Gasteiger partial charge in [-0.05, 0) is 19.3 Å². The molecule has 0 saturated carbocycles. The molecule has 1 N–H and O–H groups in total. The molecule has 0 spiro atoms. The summed E-state index contributed by atoms with van der Waals surface area (Å²) in [5.41, 5.74) is 2.33. The molecule has 11 heavy (non-hydrogen) atoms. The van der Waals surface area contributed by atoms with Crippen LogP contribution in [-0.2, 0) is 6.42 Å². The normalized spacial score (nSPS) is 12.9. The van der Waals surface area contributed by atoms with Gasteiger partial charge in [0, 0.05) is 6.20 Å². The van der Waals surface area contributed by atoms with E-state index in [9.17, 15) is 0 Å². The van der Waals surface area contributed by atoms with Gasteiger partial charge in [0.25, 0.3) is 0 Å². The van der Waals surface area contributed by atoms with Crippen molar-refractivity contribution in [1.82, 2.24) is 9.97 Å². The molecule has 0 aromatic carbocycles. The number of nitrogens with one attached hydrogen (secondary N) is 1. The van der Waals surface area contributed by atoms with E-state index in [0.29, 0.717) is 5.92 Å². The Balaban J connectivity index is 2.50. The summed E-state index contributed by atoms with van der Waals surface area (Å²) in [5.74, 6) is 0.526. The van der Waals surface area contributed by atoms with Gasteiger partial charge in [-0.1, -0.05) is 19.1 Å². The van der Waals surface area contributed by atoms with Gasteiger partial charge in [-0.2, -0.15) is 0 Å². The maximum atomic E-state index is 4.14. The van der Waals surface area contributed by atoms with Crippen LogP contribution in [0, 0.1) is 5.92 Å². The molecule has 0 radical (unpaired) electrons. The fourth-order valence-electron chi connectivity index (χ4n) is 0.890. The molecule has 2 heteroatoms. The summed E-state index contributed by atoms with van der Waals surface area (Å²) in [6.07, 6.45) is 4.62. The van der Waals surface area contributed by atoms with Crippen molar-refractivity contribution in [2.45, 2.75) is 20.3 Å². The molecule has 0 saturated heterocycles. The second kappa shape index (κ2) is 3.37. The van der Waals surface area contributed by atoms with E-state index in [2.05, 4.69) is 30.4 Å². The van der Waals surface area contributed by atoms with E-state index in [0.717, 1.165) is 12.1 Å². The number of H-pyrrole nitrogens is 1. The zero-order valence-corrected chi connectivity index (χ0v) is 7.09. The monoisotopic (exact) mass is 150 g/mol. The van der Waals surface area contributed by atoms with Crippen LogP contribution in [0.1, 0.15) is 19.5 Å². The third-order valence-corrected chi connectivity index (χ3v) is 1.91. The van der Waals surface area contributed by atoms with Gasteiger partial charge in [0.2, 0.25) is 0 Å². The highest BCUT2D eigenvalue weighted by Gasteiger charge is 2.04. The molecule has 0 fully saturated rings. The number of hydrogen-bond acceptors (Lipinski definition) is 1. The molecule has 1 unspecified atom stereocenters. The van der Waals surface area contributed by atoms with Gasteiger partial charge in [0.05, 0.1) is 12.0 Å². The Bertz CT molecular complexity index is 224. The summed E-state index contributed by atoms with van der Waals surface area (Å²) in [6.45, 7) is 8.11. The molecule has 1 rings (SSSR count). The fraction of sp³-hybridized carbons (Fsp3) is 0.444. The number of imidazole rings is 1. The number of hydrogen-bond donors (Lipinski definition) is 1. The summed E-state index contributed by atoms with van der Waals surface area (Å²) in [7, 11) is 0. The van der Waals surface area contributed by atoms with E-state index in [-0.39, 0.29) is 0 Å². The number of nitrogens with zero attached hydrogens (tertiary/aromatic N) is 1. The van der Waals surface area contributed by atoms with Crippen molar-refractivity contribution in [3.63, 3.8) is 0 Å². The van der Waals surface area contributed by atoms with Crippen molar-refractivity contribution in [2.24, 2.45) is 5.92 Å². The summed E-state index contributed by atoms with van der Waals surface area (Å²) in [6, 6.07) is 0. The van der Waals surface area contributed by atoms with Gasteiger partial charge in [-0.3, -0.25) is 0 Å². The SMILES string of the molecule is C=C(C)C(C)Cc1c[nH]cn1. The van der Waals surface area contributed by atoms with Crippen molar-refractivity contribution >= 4 is 0 Å². The predicted molar refractivity (Wildman–Crippen MR) is 46.3 cm³/mol. The van der Waals surface area contributed by atoms with Crippen LogP contribution >= 0.6 is 0 Å². The average molecular weight is 150 g/mol. The molecular formula is C9H14N2. The number of allylic oxidation sites excluding steroid dienone is 1. The van der Waals surface area contributed by atoms with E-state index in [1.807, 2.05) is 6.20 Å². The zero-order chi connectivity index (χ0) is 8.27. The van der Waals surface area contributed by atoms with Crippen LogP contribution in [0.5, 0.6) is 0 Å². The highest BCUT2D eigenvalue weighted by molar-refractivity contribution is 5.03. The quantitative estimate of drug-likeness (QED) is 0.657. The van der Waals surface area contributed by atoms with Crippen LogP contribution in [0.25, 0.3) is 0 Å². The summed E-state index contributed by atoms with van der Waals surface area (Å²) in [4.78, 5) is 7.08. The Labute approximate surface area is 67.4 Å². The van der Waals surface area contributed by atoms with Crippen molar-refractivity contribution in [3.05, 3.63) is 30.4 Å². The largest absolute Gasteiger partial charge is 0.351 e. The van der Waals surface area contributed by atoms with Gasteiger partial charge in [-0.15, -0.1) is 0 Å². The number of aromatic amines is 1. The van der Waals surface area contributed by atoms with E-state index in [1.54, 1.807) is 6.33 Å². The molecule has 1 aromatic rings. The molecule has 1 aromatic heterocycles. The highest BCUT2D eigenvalue weighted by Crippen LogP contribution is 2.12. The van der Waals surface area contributed by atoms with E-state index in [1.165, 1.54) is 5.57 Å². The van der Waals surface area contributed by atoms with Gasteiger partial charge in [0.1, 0.15) is 0 Å². The Morgan fingerprint density at radius 1 is 1.82 bits per heavy atom. The smallest absolute Gasteiger partial charge is 0.0923 e. The Hall–Kier alpha value is -1.05. The second-order valence-corrected chi connectivity index (χ2v) is 3.01. The second-order valence-electron chi connectivity index (χ2n) is 3.01. The minimum absolute atomic E-state index is 0.526. The zero-order valence-electron chi connectivity index (χ0n) is 7.09. The third-order valence-electron chi connectivity index (χ3n) is 1.91. The fourth-order valence-corrected chi connectivity index (χ4v) is 0.890. The standard InChI is InChI=1S/C9H14N2/c1-7(2)8(3)4-9-5-10-6-11-9/h5-6,8H,1,4H2,2-3H3,(H,10,11). The first-order chi connectivity index (χ1) is 5.20. The van der Waals surface area contributed by atoms with E-state index >= 15 is 0 Å². The van der Waals surface area contributed by atoms with Gasteiger partial charge in [0.15, 0.2) is 0 Å². The van der Waals surface area contributed by atoms with Crippen LogP contribution in [0.15, 0.2) is 24.7 Å². The lowest BCUT2D eigenvalue weighted by atomic mass is 9.99. The molecule has 60 valence electrons. The molecule has 1 atom stereocenters. The lowest BCUT2D eigenvalue weighted by Crippen LogP contribution is -2.00. The summed E-state index contributed by atoms with van der Waals surface area (Å²) in [5, 5.41) is 0. The topological polar surface area (TPSA) is 28.7 Å². The molecule has 2 nitrogen and oxygen atoms in total. The van der Waals surface area contributed by atoms with Crippen molar-refractivity contribution in [3.8, 4) is 0 Å². The molecular weight excluding hydrogens is 136 g/mol. The molecule has 0 aliphatic rings. The molecule has 0 bridgehead atoms. The minimum atomic E-state index is 0.526. The highest BCUT2D eigenvalue weighted by atomic mass is 14.9. The first kappa shape index (κ1) is 8.05. The predicted octanol–water partition coefficient (Wildman–Crippen LogP) is 2.16. The Kier molecular flexibility index (Phi) is 2.47. The van der Waals surface area contributed by atoms with Crippen LogP contribution in [0.4, 0.5) is 0 Å². The lowest BCUT2D eigenvalue weighted by molar-refractivity contribution is 0.669. The first-order valence-corrected chi connectivity index (χ1v) is 3.83. The maximum absolute atomic E-state index is 4.14. The first-order valence-electron chi connectivity index (χ1n) is 3.83. The van der Waals surface area contributed by atoms with Crippen molar-refractivity contribution in [2.75, 3.05) is 0 Å². The van der Waals surface area contributed by atoms with Crippen LogP contribution in [-0.4, -0.2) is 9.97 Å². The molecule has 0 aliphatic heterocycles. The van der Waals surface area contributed by atoms with E-state index < -0.39 is 0 Å². The summed E-state index contributed by atoms with van der Waals surface area (Å²) >= 11 is 0. The van der Waals surface area contributed by atoms with Crippen LogP contribution in [0.2, 0.25) is 0 Å². The van der Waals surface area contributed by atoms with Crippen LogP contribution in [0.3, 0.4) is 0 Å². The summed E-state index contributed by atoms with van der Waals surface area (Å²) < 4.78 is 0.